The molecule has 8 heteroatoms. The summed E-state index contributed by atoms with van der Waals surface area (Å²) in [7, 11) is 1.47. The Kier molecular flexibility index (Phi) is 5.26. The first kappa shape index (κ1) is 13.5. The van der Waals surface area contributed by atoms with E-state index in [1.54, 1.807) is 0 Å². The van der Waals surface area contributed by atoms with Crippen molar-refractivity contribution in [2.75, 3.05) is 19.0 Å². The molecular formula is C8H10Br2N4O2. The van der Waals surface area contributed by atoms with E-state index in [1.807, 2.05) is 0 Å². The van der Waals surface area contributed by atoms with Crippen molar-refractivity contribution in [3.05, 3.63) is 15.4 Å². The van der Waals surface area contributed by atoms with Crippen LogP contribution in [-0.4, -0.2) is 35.6 Å². The van der Waals surface area contributed by atoms with Crippen molar-refractivity contribution in [2.45, 2.75) is 6.04 Å². The lowest BCUT2D eigenvalue weighted by molar-refractivity contribution is -0.118. The second-order valence-corrected chi connectivity index (χ2v) is 4.45. The molecule has 3 N–H and O–H groups in total. The molecule has 1 aromatic rings. The number of anilines is 1. The molecule has 0 saturated carbocycles. The smallest absolute Gasteiger partial charge is 0.244 e. The van der Waals surface area contributed by atoms with Crippen LogP contribution in [0, 0.1) is 0 Å². The van der Waals surface area contributed by atoms with E-state index in [9.17, 15) is 4.79 Å². The molecule has 0 saturated heterocycles. The Morgan fingerprint density at radius 3 is 2.94 bits per heavy atom. The number of carbonyl (C=O) groups is 1. The summed E-state index contributed by atoms with van der Waals surface area (Å²) in [5.41, 5.74) is 5.55. The Bertz CT molecular complexity index is 388. The van der Waals surface area contributed by atoms with E-state index in [-0.39, 0.29) is 12.5 Å². The first-order chi connectivity index (χ1) is 7.54. The summed E-state index contributed by atoms with van der Waals surface area (Å²) in [6.07, 6.45) is 1.47. The van der Waals surface area contributed by atoms with Crippen LogP contribution in [0.1, 0.15) is 0 Å². The third kappa shape index (κ3) is 3.78. The maximum atomic E-state index is 11.5. The number of ether oxygens (including phenoxy) is 1. The van der Waals surface area contributed by atoms with Crippen LogP contribution in [0.2, 0.25) is 0 Å². The summed E-state index contributed by atoms with van der Waals surface area (Å²) in [6, 6.07) is -0.734. The first-order valence-corrected chi connectivity index (χ1v) is 5.86. The number of halogens is 2. The summed E-state index contributed by atoms with van der Waals surface area (Å²) in [6.45, 7) is 0.146. The fourth-order valence-electron chi connectivity index (χ4n) is 0.895. The van der Waals surface area contributed by atoms with Crippen LogP contribution in [-0.2, 0) is 9.53 Å². The van der Waals surface area contributed by atoms with E-state index in [1.165, 1.54) is 13.3 Å². The number of hydrogen-bond donors (Lipinski definition) is 2. The van der Waals surface area contributed by atoms with Crippen LogP contribution >= 0.6 is 31.9 Å². The lowest BCUT2D eigenvalue weighted by Gasteiger charge is -2.11. The fraction of sp³-hybridized carbons (Fsp3) is 0.375. The van der Waals surface area contributed by atoms with Gasteiger partial charge in [0.15, 0.2) is 5.82 Å². The lowest BCUT2D eigenvalue weighted by atomic mass is 10.3. The van der Waals surface area contributed by atoms with Gasteiger partial charge in [0.2, 0.25) is 5.91 Å². The van der Waals surface area contributed by atoms with Crippen molar-refractivity contribution >= 4 is 43.6 Å². The normalized spacial score (nSPS) is 12.2. The minimum atomic E-state index is -0.734. The van der Waals surface area contributed by atoms with Crippen molar-refractivity contribution < 1.29 is 9.53 Å². The second-order valence-electron chi connectivity index (χ2n) is 2.88. The molecule has 1 heterocycles. The minimum absolute atomic E-state index is 0.146. The van der Waals surface area contributed by atoms with Crippen LogP contribution in [0.5, 0.6) is 0 Å². The highest BCUT2D eigenvalue weighted by Gasteiger charge is 2.15. The Morgan fingerprint density at radius 2 is 2.38 bits per heavy atom. The number of hydrogen-bond acceptors (Lipinski definition) is 5. The number of amides is 1. The van der Waals surface area contributed by atoms with Gasteiger partial charge in [-0.2, -0.15) is 0 Å². The van der Waals surface area contributed by atoms with Gasteiger partial charge >= 0.3 is 0 Å². The molecule has 1 atom stereocenters. The molecule has 0 fully saturated rings. The van der Waals surface area contributed by atoms with Crippen molar-refractivity contribution in [2.24, 2.45) is 5.73 Å². The summed E-state index contributed by atoms with van der Waals surface area (Å²) in [5.74, 6) is -0.0566. The zero-order valence-electron chi connectivity index (χ0n) is 8.41. The SMILES string of the molecule is COCC(N)C(=O)Nc1ncc(Br)nc1Br. The summed E-state index contributed by atoms with van der Waals surface area (Å²) >= 11 is 6.33. The van der Waals surface area contributed by atoms with Gasteiger partial charge in [0, 0.05) is 7.11 Å². The zero-order valence-corrected chi connectivity index (χ0v) is 11.6. The number of nitrogens with one attached hydrogen (secondary N) is 1. The monoisotopic (exact) mass is 352 g/mol. The zero-order chi connectivity index (χ0) is 12.1. The van der Waals surface area contributed by atoms with Crippen LogP contribution in [0.4, 0.5) is 5.82 Å². The van der Waals surface area contributed by atoms with Gasteiger partial charge < -0.3 is 15.8 Å². The molecular weight excluding hydrogens is 344 g/mol. The fourth-order valence-corrected chi connectivity index (χ4v) is 1.81. The summed E-state index contributed by atoms with van der Waals surface area (Å²) in [5, 5.41) is 2.54. The van der Waals surface area contributed by atoms with Crippen LogP contribution < -0.4 is 11.1 Å². The largest absolute Gasteiger partial charge is 0.383 e. The summed E-state index contributed by atoms with van der Waals surface area (Å²) < 4.78 is 5.77. The topological polar surface area (TPSA) is 90.1 Å². The lowest BCUT2D eigenvalue weighted by Crippen LogP contribution is -2.39. The Labute approximate surface area is 109 Å². The molecule has 0 aromatic carbocycles. The molecule has 88 valence electrons. The molecule has 0 bridgehead atoms. The Morgan fingerprint density at radius 1 is 1.69 bits per heavy atom. The van der Waals surface area contributed by atoms with Crippen LogP contribution in [0.15, 0.2) is 15.4 Å². The first-order valence-electron chi connectivity index (χ1n) is 4.28. The van der Waals surface area contributed by atoms with Gasteiger partial charge in [0.1, 0.15) is 15.2 Å². The molecule has 16 heavy (non-hydrogen) atoms. The third-order valence-corrected chi connectivity index (χ3v) is 2.56. The highest BCUT2D eigenvalue weighted by molar-refractivity contribution is 9.11. The highest BCUT2D eigenvalue weighted by atomic mass is 79.9. The predicted octanol–water partition coefficient (Wildman–Crippen LogP) is 0.914. The molecule has 1 aromatic heterocycles. The van der Waals surface area contributed by atoms with Crippen LogP contribution in [0.25, 0.3) is 0 Å². The van der Waals surface area contributed by atoms with Crippen molar-refractivity contribution in [1.82, 2.24) is 9.97 Å². The highest BCUT2D eigenvalue weighted by Crippen LogP contribution is 2.19. The maximum absolute atomic E-state index is 11.5. The number of rotatable bonds is 4. The molecule has 1 amide bonds. The third-order valence-electron chi connectivity index (χ3n) is 1.63. The van der Waals surface area contributed by atoms with E-state index in [4.69, 9.17) is 10.5 Å². The van der Waals surface area contributed by atoms with Gasteiger partial charge in [-0.15, -0.1) is 0 Å². The molecule has 0 aliphatic heterocycles. The molecule has 0 aliphatic carbocycles. The van der Waals surface area contributed by atoms with E-state index in [0.717, 1.165) is 0 Å². The van der Waals surface area contributed by atoms with Gasteiger partial charge in [-0.1, -0.05) is 0 Å². The molecule has 0 aliphatic rings. The van der Waals surface area contributed by atoms with Gasteiger partial charge in [-0.3, -0.25) is 4.79 Å². The van der Waals surface area contributed by atoms with E-state index >= 15 is 0 Å². The van der Waals surface area contributed by atoms with Crippen molar-refractivity contribution in [1.29, 1.82) is 0 Å². The minimum Gasteiger partial charge on any atom is -0.383 e. The number of methoxy groups -OCH3 is 1. The van der Waals surface area contributed by atoms with E-state index < -0.39 is 6.04 Å². The number of nitrogens with two attached hydrogens (primary N) is 1. The molecule has 0 spiro atoms. The Balaban J connectivity index is 2.69. The Hall–Kier alpha value is -0.570. The van der Waals surface area contributed by atoms with Crippen LogP contribution in [0.3, 0.4) is 0 Å². The van der Waals surface area contributed by atoms with Gasteiger partial charge in [0.25, 0.3) is 0 Å². The van der Waals surface area contributed by atoms with Crippen molar-refractivity contribution in [3.8, 4) is 0 Å². The van der Waals surface area contributed by atoms with E-state index in [2.05, 4.69) is 47.1 Å². The van der Waals surface area contributed by atoms with Crippen molar-refractivity contribution in [3.63, 3.8) is 0 Å². The average molecular weight is 354 g/mol. The predicted molar refractivity (Wildman–Crippen MR) is 65.9 cm³/mol. The molecule has 1 unspecified atom stereocenters. The molecule has 0 radical (unpaired) electrons. The number of nitrogens with zero attached hydrogens (tertiary/aromatic N) is 2. The number of aromatic nitrogens is 2. The quantitative estimate of drug-likeness (QED) is 0.839. The van der Waals surface area contributed by atoms with Gasteiger partial charge in [0.05, 0.1) is 12.8 Å². The summed E-state index contributed by atoms with van der Waals surface area (Å²) in [4.78, 5) is 19.5. The standard InChI is InChI=1S/C8H10Br2N4O2/c1-16-3-4(11)8(15)14-7-6(10)13-5(9)2-12-7/h2,4H,3,11H2,1H3,(H,12,14,15). The average Bonchev–Trinajstić information content (AvgIpc) is 2.22. The van der Waals surface area contributed by atoms with Gasteiger partial charge in [-0.25, -0.2) is 9.97 Å². The van der Waals surface area contributed by atoms with E-state index in [0.29, 0.717) is 15.0 Å². The molecule has 1 rings (SSSR count). The maximum Gasteiger partial charge on any atom is 0.244 e. The molecule has 6 nitrogen and oxygen atoms in total. The van der Waals surface area contributed by atoms with Gasteiger partial charge in [-0.05, 0) is 31.9 Å². The number of carbonyl (C=O) groups excluding carboxylic acids is 1. The second kappa shape index (κ2) is 6.24.